The Kier molecular flexibility index (Phi) is 14.8. The van der Waals surface area contributed by atoms with E-state index in [1.54, 1.807) is 0 Å². The topological polar surface area (TPSA) is 101 Å². The molecule has 0 saturated carbocycles. The molecule has 0 heterocycles. The van der Waals surface area contributed by atoms with Crippen LogP contribution in [-0.2, 0) is 27.8 Å². The molecule has 0 aromatic rings. The maximum absolute atomic E-state index is 12.0. The average Bonchev–Trinajstić information content (AvgIpc) is 2.60. The van der Waals surface area contributed by atoms with Crippen LogP contribution in [0.1, 0.15) is 45.4 Å². The van der Waals surface area contributed by atoms with E-state index in [1.165, 1.54) is 32.8 Å². The third-order valence-electron chi connectivity index (χ3n) is 3.82. The van der Waals surface area contributed by atoms with Crippen LogP contribution in [-0.4, -0.2) is 82.9 Å². The molecule has 0 aliphatic heterocycles. The van der Waals surface area contributed by atoms with Crippen LogP contribution in [0, 0.1) is 0 Å². The second kappa shape index (κ2) is 15.2. The molecular formula is C18H39NO8P+. The summed E-state index contributed by atoms with van der Waals surface area (Å²) in [7, 11) is 2.76. The Labute approximate surface area is 169 Å². The van der Waals surface area contributed by atoms with Crippen molar-refractivity contribution in [3.63, 3.8) is 0 Å². The molecule has 0 aliphatic carbocycles. The van der Waals surface area contributed by atoms with Crippen molar-refractivity contribution >= 4 is 14.0 Å². The summed E-state index contributed by atoms with van der Waals surface area (Å²) in [6.45, 7) is 3.01. The van der Waals surface area contributed by atoms with E-state index in [1.807, 2.05) is 21.1 Å². The summed E-state index contributed by atoms with van der Waals surface area (Å²) in [5, 5.41) is 0. The van der Waals surface area contributed by atoms with Gasteiger partial charge in [-0.1, -0.05) is 39.0 Å². The Morgan fingerprint density at radius 2 is 1.64 bits per heavy atom. The number of methoxy groups -OCH3 is 1. The molecule has 28 heavy (non-hydrogen) atoms. The van der Waals surface area contributed by atoms with Crippen molar-refractivity contribution in [1.82, 2.24) is 0 Å². The number of ether oxygens (including phenoxy) is 3. The fourth-order valence-corrected chi connectivity index (χ4v) is 2.89. The summed E-state index contributed by atoms with van der Waals surface area (Å²) in [6.07, 6.45) is 5.04. The molecule has 0 bridgehead atoms. The van der Waals surface area contributed by atoms with Gasteiger partial charge in [0, 0.05) is 6.61 Å². The van der Waals surface area contributed by atoms with E-state index in [4.69, 9.17) is 18.5 Å². The fraction of sp³-hybridized carbons (Fsp3) is 0.944. The van der Waals surface area contributed by atoms with Crippen LogP contribution in [0.4, 0.5) is 4.79 Å². The highest BCUT2D eigenvalue weighted by Crippen LogP contribution is 2.43. The quantitative estimate of drug-likeness (QED) is 0.163. The number of carbonyl (C=O) groups is 1. The van der Waals surface area contributed by atoms with Gasteiger partial charge in [-0.05, 0) is 6.42 Å². The standard InChI is InChI=1S/C18H38NO8P/c1-6-7-8-9-10-11-13-24-15-17(27-18(20)23-5)16-26-28(21,22)25-14-12-19(2,3)4/h17H,6-16H2,1-5H3/p+1. The van der Waals surface area contributed by atoms with E-state index in [0.29, 0.717) is 17.6 Å². The third kappa shape index (κ3) is 17.4. The maximum Gasteiger partial charge on any atom is 0.508 e. The van der Waals surface area contributed by atoms with Gasteiger partial charge < -0.3 is 23.6 Å². The molecule has 0 aromatic heterocycles. The molecule has 2 atom stereocenters. The van der Waals surface area contributed by atoms with E-state index in [9.17, 15) is 14.3 Å². The van der Waals surface area contributed by atoms with Crippen LogP contribution in [0.5, 0.6) is 0 Å². The summed E-state index contributed by atoms with van der Waals surface area (Å²) in [6, 6.07) is 0. The van der Waals surface area contributed by atoms with Gasteiger partial charge in [0.25, 0.3) is 0 Å². The average molecular weight is 428 g/mol. The molecular weight excluding hydrogens is 389 g/mol. The van der Waals surface area contributed by atoms with Gasteiger partial charge in [-0.25, -0.2) is 9.36 Å². The highest BCUT2D eigenvalue weighted by molar-refractivity contribution is 7.47. The second-order valence-corrected chi connectivity index (χ2v) is 9.10. The van der Waals surface area contributed by atoms with Crippen molar-refractivity contribution in [2.45, 2.75) is 51.6 Å². The summed E-state index contributed by atoms with van der Waals surface area (Å²) in [5.74, 6) is 0. The summed E-state index contributed by atoms with van der Waals surface area (Å²) in [4.78, 5) is 21.1. The number of hydrogen-bond donors (Lipinski definition) is 1. The van der Waals surface area contributed by atoms with Crippen molar-refractivity contribution < 1.29 is 42.0 Å². The van der Waals surface area contributed by atoms with E-state index >= 15 is 0 Å². The van der Waals surface area contributed by atoms with Crippen molar-refractivity contribution in [2.24, 2.45) is 0 Å². The van der Waals surface area contributed by atoms with E-state index < -0.39 is 20.1 Å². The molecule has 0 rings (SSSR count). The van der Waals surface area contributed by atoms with Crippen LogP contribution < -0.4 is 0 Å². The van der Waals surface area contributed by atoms with Crippen LogP contribution in [0.25, 0.3) is 0 Å². The molecule has 1 N–H and O–H groups in total. The van der Waals surface area contributed by atoms with Gasteiger partial charge >= 0.3 is 14.0 Å². The van der Waals surface area contributed by atoms with Gasteiger partial charge in [0.15, 0.2) is 6.10 Å². The second-order valence-electron chi connectivity index (χ2n) is 7.65. The van der Waals surface area contributed by atoms with Gasteiger partial charge in [0.2, 0.25) is 0 Å². The predicted octanol–water partition coefficient (Wildman–Crippen LogP) is 3.35. The van der Waals surface area contributed by atoms with Crippen LogP contribution in [0.15, 0.2) is 0 Å². The number of phosphoric acid groups is 1. The number of rotatable bonds is 17. The maximum atomic E-state index is 12.0. The molecule has 0 fully saturated rings. The van der Waals surface area contributed by atoms with Gasteiger partial charge in [0.1, 0.15) is 13.2 Å². The molecule has 0 radical (unpaired) electrons. The van der Waals surface area contributed by atoms with Crippen molar-refractivity contribution in [1.29, 1.82) is 0 Å². The highest BCUT2D eigenvalue weighted by atomic mass is 31.2. The fourth-order valence-electron chi connectivity index (χ4n) is 2.14. The van der Waals surface area contributed by atoms with Gasteiger partial charge in [-0.2, -0.15) is 0 Å². The number of nitrogens with zero attached hydrogens (tertiary/aromatic N) is 1. The Morgan fingerprint density at radius 3 is 2.25 bits per heavy atom. The molecule has 0 aromatic carbocycles. The zero-order valence-electron chi connectivity index (χ0n) is 18.1. The molecule has 9 nitrogen and oxygen atoms in total. The number of phosphoric ester groups is 1. The first kappa shape index (κ1) is 27.3. The van der Waals surface area contributed by atoms with Crippen LogP contribution in [0.3, 0.4) is 0 Å². The van der Waals surface area contributed by atoms with E-state index in [0.717, 1.165) is 12.8 Å². The third-order valence-corrected chi connectivity index (χ3v) is 4.80. The summed E-state index contributed by atoms with van der Waals surface area (Å²) < 4.78 is 37.4. The molecule has 168 valence electrons. The minimum absolute atomic E-state index is 0.0446. The summed E-state index contributed by atoms with van der Waals surface area (Å²) in [5.41, 5.74) is 0. The zero-order chi connectivity index (χ0) is 21.5. The minimum atomic E-state index is -4.24. The lowest BCUT2D eigenvalue weighted by atomic mass is 10.1. The number of hydrogen-bond acceptors (Lipinski definition) is 7. The highest BCUT2D eigenvalue weighted by Gasteiger charge is 2.26. The Balaban J connectivity index is 4.22. The minimum Gasteiger partial charge on any atom is -0.438 e. The van der Waals surface area contributed by atoms with Crippen molar-refractivity contribution in [3.8, 4) is 0 Å². The van der Waals surface area contributed by atoms with E-state index in [2.05, 4.69) is 11.7 Å². The summed E-state index contributed by atoms with van der Waals surface area (Å²) >= 11 is 0. The smallest absolute Gasteiger partial charge is 0.438 e. The van der Waals surface area contributed by atoms with Gasteiger partial charge in [-0.3, -0.25) is 9.05 Å². The monoisotopic (exact) mass is 428 g/mol. The number of unbranched alkanes of at least 4 members (excludes halogenated alkanes) is 5. The van der Waals surface area contributed by atoms with Gasteiger partial charge in [0.05, 0.1) is 41.5 Å². The number of likely N-dealkylation sites (N-methyl/N-ethyl adjacent to an activating group) is 1. The Bertz CT molecular complexity index is 455. The number of quaternary nitrogens is 1. The Morgan fingerprint density at radius 1 is 1.00 bits per heavy atom. The van der Waals surface area contributed by atoms with Gasteiger partial charge in [-0.15, -0.1) is 0 Å². The normalized spacial score (nSPS) is 15.1. The van der Waals surface area contributed by atoms with Crippen LogP contribution in [0.2, 0.25) is 0 Å². The molecule has 2 unspecified atom stereocenters. The first-order valence-corrected chi connectivity index (χ1v) is 11.3. The van der Waals surface area contributed by atoms with Crippen molar-refractivity contribution in [2.75, 3.05) is 61.2 Å². The predicted molar refractivity (Wildman–Crippen MR) is 106 cm³/mol. The molecule has 10 heteroatoms. The lowest BCUT2D eigenvalue weighted by Gasteiger charge is -2.24. The first-order chi connectivity index (χ1) is 13.1. The first-order valence-electron chi connectivity index (χ1n) is 9.84. The Hall–Kier alpha value is -0.700. The lowest BCUT2D eigenvalue weighted by molar-refractivity contribution is -0.870. The zero-order valence-corrected chi connectivity index (χ0v) is 18.9. The molecule has 0 saturated heterocycles. The molecule has 0 aliphatic rings. The largest absolute Gasteiger partial charge is 0.508 e. The SMILES string of the molecule is CCCCCCCCOCC(COP(=O)(O)OCC[N+](C)(C)C)OC(=O)OC. The van der Waals surface area contributed by atoms with E-state index in [-0.39, 0.29) is 19.8 Å². The number of carbonyl (C=O) groups excluding carboxylic acids is 1. The lowest BCUT2D eigenvalue weighted by Crippen LogP contribution is -2.37. The van der Waals surface area contributed by atoms with Crippen LogP contribution >= 0.6 is 7.82 Å². The molecule has 0 spiro atoms. The molecule has 0 amide bonds. The van der Waals surface area contributed by atoms with Crippen molar-refractivity contribution in [3.05, 3.63) is 0 Å².